The summed E-state index contributed by atoms with van der Waals surface area (Å²) < 4.78 is 13.1. The molecule has 2 aliphatic heterocycles. The van der Waals surface area contributed by atoms with Gasteiger partial charge in [0.05, 0.1) is 6.04 Å². The number of nitrogens with zero attached hydrogens (tertiary/aromatic N) is 3. The number of nitrogens with one attached hydrogen (secondary N) is 2. The van der Waals surface area contributed by atoms with Crippen molar-refractivity contribution in [3.63, 3.8) is 0 Å². The molecule has 0 radical (unpaired) electrons. The van der Waals surface area contributed by atoms with Crippen molar-refractivity contribution in [2.24, 2.45) is 0 Å². The van der Waals surface area contributed by atoms with Crippen molar-refractivity contribution in [1.82, 2.24) is 25.4 Å². The molecule has 1 aromatic heterocycles. The number of aromatic nitrogens is 3. The Morgan fingerprint density at radius 2 is 2.08 bits per heavy atom. The molecule has 8 nitrogen and oxygen atoms in total. The Bertz CT molecular complexity index is 789. The minimum Gasteiger partial charge on any atom is -0.486 e. The number of benzene rings is 1. The number of carbonyl (C=O) groups excluding carboxylic acids is 1. The van der Waals surface area contributed by atoms with Crippen LogP contribution in [0.4, 0.5) is 0 Å². The van der Waals surface area contributed by atoms with Gasteiger partial charge in [0.1, 0.15) is 19.0 Å². The third kappa shape index (κ3) is 3.17. The zero-order valence-electron chi connectivity index (χ0n) is 14.1. The van der Waals surface area contributed by atoms with Crippen molar-refractivity contribution in [2.45, 2.75) is 25.9 Å². The van der Waals surface area contributed by atoms with Crippen molar-refractivity contribution in [3.8, 4) is 11.5 Å². The van der Waals surface area contributed by atoms with Gasteiger partial charge in [0.2, 0.25) is 0 Å². The van der Waals surface area contributed by atoms with Gasteiger partial charge < -0.3 is 24.7 Å². The topological polar surface area (TPSA) is 90.3 Å². The molecule has 0 spiro atoms. The molecule has 0 saturated heterocycles. The highest BCUT2D eigenvalue weighted by atomic mass is 16.6. The van der Waals surface area contributed by atoms with Gasteiger partial charge in [0.15, 0.2) is 17.3 Å². The second kappa shape index (κ2) is 6.72. The molecule has 0 unspecified atom stereocenters. The molecule has 0 saturated carbocycles. The first-order valence-electron chi connectivity index (χ1n) is 8.55. The highest BCUT2D eigenvalue weighted by Crippen LogP contribution is 2.30. The van der Waals surface area contributed by atoms with Gasteiger partial charge in [-0.2, -0.15) is 0 Å². The average molecular weight is 343 g/mol. The van der Waals surface area contributed by atoms with Gasteiger partial charge in [0, 0.05) is 31.6 Å². The van der Waals surface area contributed by atoms with Crippen LogP contribution >= 0.6 is 0 Å². The Labute approximate surface area is 145 Å². The van der Waals surface area contributed by atoms with Crippen molar-refractivity contribution in [1.29, 1.82) is 0 Å². The summed E-state index contributed by atoms with van der Waals surface area (Å²) in [4.78, 5) is 12.6. The van der Waals surface area contributed by atoms with Crippen LogP contribution in [-0.2, 0) is 13.0 Å². The number of hydrogen-bond acceptors (Lipinski definition) is 6. The minimum absolute atomic E-state index is 0.173. The highest BCUT2D eigenvalue weighted by molar-refractivity contribution is 5.95. The number of ether oxygens (including phenoxy) is 2. The van der Waals surface area contributed by atoms with E-state index >= 15 is 0 Å². The SMILES string of the molecule is C[C@@H](NC(=O)c1ccc2c(c1)OCCO2)c1nnc2n1CCNCC2. The minimum atomic E-state index is -0.236. The van der Waals surface area contributed by atoms with E-state index in [1.165, 1.54) is 0 Å². The number of amides is 1. The van der Waals surface area contributed by atoms with Crippen LogP contribution in [0.3, 0.4) is 0 Å². The molecular formula is C17H21N5O3. The maximum atomic E-state index is 12.6. The summed E-state index contributed by atoms with van der Waals surface area (Å²) >= 11 is 0. The lowest BCUT2D eigenvalue weighted by molar-refractivity contribution is 0.0936. The summed E-state index contributed by atoms with van der Waals surface area (Å²) in [6.45, 7) is 5.53. The Morgan fingerprint density at radius 1 is 1.24 bits per heavy atom. The van der Waals surface area contributed by atoms with Crippen LogP contribution in [-0.4, -0.2) is 47.0 Å². The standard InChI is InChI=1S/C17H21N5O3/c1-11(16-21-20-15-4-5-18-6-7-22(15)16)19-17(23)12-2-3-13-14(10-12)25-9-8-24-13/h2-3,10-11,18H,4-9H2,1H3,(H,19,23)/t11-/m1/s1. The largest absolute Gasteiger partial charge is 0.486 e. The second-order valence-electron chi connectivity index (χ2n) is 6.18. The molecule has 1 aromatic carbocycles. The third-order valence-electron chi connectivity index (χ3n) is 4.43. The predicted molar refractivity (Wildman–Crippen MR) is 89.9 cm³/mol. The van der Waals surface area contributed by atoms with E-state index in [2.05, 4.69) is 25.4 Å². The molecular weight excluding hydrogens is 322 g/mol. The maximum absolute atomic E-state index is 12.6. The molecule has 1 amide bonds. The first-order chi connectivity index (χ1) is 12.2. The highest BCUT2D eigenvalue weighted by Gasteiger charge is 2.22. The van der Waals surface area contributed by atoms with Crippen molar-refractivity contribution in [3.05, 3.63) is 35.4 Å². The molecule has 8 heteroatoms. The van der Waals surface area contributed by atoms with E-state index in [4.69, 9.17) is 9.47 Å². The van der Waals surface area contributed by atoms with Crippen LogP contribution in [0.15, 0.2) is 18.2 Å². The van der Waals surface area contributed by atoms with E-state index in [-0.39, 0.29) is 11.9 Å². The fraction of sp³-hybridized carbons (Fsp3) is 0.471. The van der Waals surface area contributed by atoms with Crippen LogP contribution in [0.25, 0.3) is 0 Å². The van der Waals surface area contributed by atoms with Crippen LogP contribution in [0, 0.1) is 0 Å². The number of carbonyl (C=O) groups is 1. The molecule has 3 heterocycles. The van der Waals surface area contributed by atoms with Gasteiger partial charge in [-0.1, -0.05) is 0 Å². The van der Waals surface area contributed by atoms with E-state index in [1.807, 2.05) is 6.92 Å². The quantitative estimate of drug-likeness (QED) is 0.852. The Morgan fingerprint density at radius 3 is 2.96 bits per heavy atom. The molecule has 2 aliphatic rings. The van der Waals surface area contributed by atoms with Gasteiger partial charge in [-0.15, -0.1) is 10.2 Å². The van der Waals surface area contributed by atoms with Gasteiger partial charge >= 0.3 is 0 Å². The van der Waals surface area contributed by atoms with Gasteiger partial charge in [-0.25, -0.2) is 0 Å². The smallest absolute Gasteiger partial charge is 0.252 e. The lowest BCUT2D eigenvalue weighted by Gasteiger charge is -2.19. The molecule has 25 heavy (non-hydrogen) atoms. The molecule has 0 aliphatic carbocycles. The Hall–Kier alpha value is -2.61. The van der Waals surface area contributed by atoms with Crippen LogP contribution in [0.1, 0.15) is 35.0 Å². The summed E-state index contributed by atoms with van der Waals surface area (Å²) in [7, 11) is 0. The van der Waals surface area contributed by atoms with E-state index in [0.29, 0.717) is 30.3 Å². The summed E-state index contributed by atoms with van der Waals surface area (Å²) in [5, 5.41) is 14.9. The van der Waals surface area contributed by atoms with Crippen molar-refractivity contribution in [2.75, 3.05) is 26.3 Å². The molecule has 0 fully saturated rings. The van der Waals surface area contributed by atoms with E-state index in [9.17, 15) is 4.79 Å². The fourth-order valence-electron chi connectivity index (χ4n) is 3.14. The second-order valence-corrected chi connectivity index (χ2v) is 6.18. The van der Waals surface area contributed by atoms with E-state index in [0.717, 1.165) is 37.7 Å². The van der Waals surface area contributed by atoms with Crippen LogP contribution in [0.5, 0.6) is 11.5 Å². The number of fused-ring (bicyclic) bond motifs is 2. The van der Waals surface area contributed by atoms with Gasteiger partial charge in [0.25, 0.3) is 5.91 Å². The molecule has 0 bridgehead atoms. The van der Waals surface area contributed by atoms with Crippen LogP contribution in [0.2, 0.25) is 0 Å². The van der Waals surface area contributed by atoms with E-state index < -0.39 is 0 Å². The van der Waals surface area contributed by atoms with Gasteiger partial charge in [-0.05, 0) is 25.1 Å². The monoisotopic (exact) mass is 343 g/mol. The number of rotatable bonds is 3. The first-order valence-corrected chi connectivity index (χ1v) is 8.55. The normalized spacial score (nSPS) is 17.3. The first kappa shape index (κ1) is 15.9. The molecule has 1 atom stereocenters. The summed E-state index contributed by atoms with van der Waals surface area (Å²) in [5.41, 5.74) is 0.536. The van der Waals surface area contributed by atoms with Crippen LogP contribution < -0.4 is 20.1 Å². The third-order valence-corrected chi connectivity index (χ3v) is 4.43. The maximum Gasteiger partial charge on any atom is 0.252 e. The summed E-state index contributed by atoms with van der Waals surface area (Å²) in [5.74, 6) is 2.85. The number of hydrogen-bond donors (Lipinski definition) is 2. The molecule has 4 rings (SSSR count). The Balaban J connectivity index is 1.50. The predicted octanol–water partition coefficient (Wildman–Crippen LogP) is 0.686. The zero-order chi connectivity index (χ0) is 17.2. The summed E-state index contributed by atoms with van der Waals surface area (Å²) in [6.07, 6.45) is 0.843. The van der Waals surface area contributed by atoms with Gasteiger partial charge in [-0.3, -0.25) is 4.79 Å². The Kier molecular flexibility index (Phi) is 4.27. The molecule has 2 N–H and O–H groups in total. The summed E-state index contributed by atoms with van der Waals surface area (Å²) in [6, 6.07) is 4.98. The van der Waals surface area contributed by atoms with E-state index in [1.54, 1.807) is 18.2 Å². The average Bonchev–Trinajstić information content (AvgIpc) is 2.90. The zero-order valence-corrected chi connectivity index (χ0v) is 14.1. The fourth-order valence-corrected chi connectivity index (χ4v) is 3.14. The molecule has 2 aromatic rings. The lowest BCUT2D eigenvalue weighted by atomic mass is 10.1. The lowest BCUT2D eigenvalue weighted by Crippen LogP contribution is -2.29. The van der Waals surface area contributed by atoms with Crippen molar-refractivity contribution >= 4 is 5.91 Å². The van der Waals surface area contributed by atoms with Crippen molar-refractivity contribution < 1.29 is 14.3 Å². The molecule has 132 valence electrons.